The predicted molar refractivity (Wildman–Crippen MR) is 64.3 cm³/mol. The summed E-state index contributed by atoms with van der Waals surface area (Å²) >= 11 is 0. The number of nitrogens with two attached hydrogens (primary N) is 1. The van der Waals surface area contributed by atoms with Crippen molar-refractivity contribution in [3.05, 3.63) is 30.3 Å². The SMILES string of the molecule is Nc1cc(S(=O)(=O)[O-])c2cccc(S(=O)(=O)[O-])c2c1.[Na+]. The second-order valence-corrected chi connectivity index (χ2v) is 6.47. The van der Waals surface area contributed by atoms with Gasteiger partial charge in [0, 0.05) is 16.5 Å². The number of nitrogen functional groups attached to an aromatic ring is 1. The number of rotatable bonds is 2. The number of anilines is 1. The molecule has 2 aromatic rings. The van der Waals surface area contributed by atoms with E-state index in [-0.39, 0.29) is 46.0 Å². The van der Waals surface area contributed by atoms with Crippen molar-refractivity contribution in [3.63, 3.8) is 0 Å². The van der Waals surface area contributed by atoms with Crippen molar-refractivity contribution in [2.24, 2.45) is 0 Å². The van der Waals surface area contributed by atoms with Gasteiger partial charge < -0.3 is 14.8 Å². The minimum Gasteiger partial charge on any atom is -0.744 e. The topological polar surface area (TPSA) is 140 Å². The number of benzene rings is 2. The Labute approximate surface area is 137 Å². The smallest absolute Gasteiger partial charge is 0.744 e. The molecule has 0 fully saturated rings. The normalized spacial score (nSPS) is 12.1. The van der Waals surface area contributed by atoms with Crippen LogP contribution >= 0.6 is 0 Å². The van der Waals surface area contributed by atoms with Gasteiger partial charge in [-0.05, 0) is 18.2 Å². The van der Waals surface area contributed by atoms with E-state index >= 15 is 0 Å². The molecule has 102 valence electrons. The third kappa shape index (κ3) is 3.31. The fourth-order valence-corrected chi connectivity index (χ4v) is 3.18. The maximum absolute atomic E-state index is 11.1. The fourth-order valence-electron chi connectivity index (χ4n) is 1.77. The molecule has 0 atom stereocenters. The van der Waals surface area contributed by atoms with E-state index in [4.69, 9.17) is 5.73 Å². The van der Waals surface area contributed by atoms with Crippen molar-refractivity contribution in [2.45, 2.75) is 9.79 Å². The van der Waals surface area contributed by atoms with Crippen molar-refractivity contribution < 1.29 is 55.5 Å². The summed E-state index contributed by atoms with van der Waals surface area (Å²) in [6.45, 7) is 0. The van der Waals surface area contributed by atoms with E-state index in [9.17, 15) is 25.9 Å². The van der Waals surface area contributed by atoms with Crippen molar-refractivity contribution in [1.82, 2.24) is 0 Å². The Hall–Kier alpha value is -0.680. The summed E-state index contributed by atoms with van der Waals surface area (Å²) in [6.07, 6.45) is 0. The zero-order chi connectivity index (χ0) is 14.4. The van der Waals surface area contributed by atoms with E-state index in [1.807, 2.05) is 0 Å². The van der Waals surface area contributed by atoms with Crippen LogP contribution in [-0.4, -0.2) is 25.9 Å². The maximum Gasteiger partial charge on any atom is 1.00 e. The zero-order valence-corrected chi connectivity index (χ0v) is 13.9. The summed E-state index contributed by atoms with van der Waals surface area (Å²) in [5.41, 5.74) is 5.31. The summed E-state index contributed by atoms with van der Waals surface area (Å²) < 4.78 is 66.6. The van der Waals surface area contributed by atoms with Gasteiger partial charge in [-0.25, -0.2) is 16.8 Å². The van der Waals surface area contributed by atoms with Crippen molar-refractivity contribution in [1.29, 1.82) is 0 Å². The van der Waals surface area contributed by atoms with E-state index < -0.39 is 30.0 Å². The van der Waals surface area contributed by atoms with Crippen LogP contribution in [0.3, 0.4) is 0 Å². The third-order valence-electron chi connectivity index (χ3n) is 2.48. The first-order chi connectivity index (χ1) is 8.60. The van der Waals surface area contributed by atoms with Crippen LogP contribution < -0.4 is 35.3 Å². The molecule has 0 unspecified atom stereocenters. The van der Waals surface area contributed by atoms with Gasteiger partial charge in [0.1, 0.15) is 20.2 Å². The first-order valence-corrected chi connectivity index (χ1v) is 7.66. The molecule has 7 nitrogen and oxygen atoms in total. The van der Waals surface area contributed by atoms with Crippen molar-refractivity contribution in [2.75, 3.05) is 5.73 Å². The molecule has 0 heterocycles. The van der Waals surface area contributed by atoms with Gasteiger partial charge in [-0.15, -0.1) is 0 Å². The molecular weight excluding hydrogens is 317 g/mol. The average molecular weight is 324 g/mol. The maximum atomic E-state index is 11.1. The summed E-state index contributed by atoms with van der Waals surface area (Å²) in [7, 11) is -9.65. The van der Waals surface area contributed by atoms with Crippen LogP contribution in [-0.2, 0) is 20.2 Å². The van der Waals surface area contributed by atoms with Crippen LogP contribution in [0.4, 0.5) is 5.69 Å². The van der Waals surface area contributed by atoms with Crippen LogP contribution in [0.2, 0.25) is 0 Å². The third-order valence-corrected chi connectivity index (χ3v) is 4.25. The Bertz CT molecular complexity index is 876. The molecule has 10 heteroatoms. The molecule has 0 aliphatic heterocycles. The molecule has 0 aliphatic rings. The van der Waals surface area contributed by atoms with Gasteiger partial charge in [-0.1, -0.05) is 12.1 Å². The number of fused-ring (bicyclic) bond motifs is 1. The van der Waals surface area contributed by atoms with E-state index in [2.05, 4.69) is 0 Å². The standard InChI is InChI=1S/C10H9NO6S2.Na/c11-6-4-8-7(10(5-6)19(15,16)17)2-1-3-9(8)18(12,13)14;/h1-5H,11H2,(H,12,13,14)(H,15,16,17);/q;+1/p-2. The molecule has 20 heavy (non-hydrogen) atoms. The fraction of sp³-hybridized carbons (Fsp3) is 0. The zero-order valence-electron chi connectivity index (χ0n) is 10.2. The minimum atomic E-state index is -4.84. The quantitative estimate of drug-likeness (QED) is 0.358. The van der Waals surface area contributed by atoms with Gasteiger partial charge in [-0.3, -0.25) is 0 Å². The Balaban J connectivity index is 0.00000200. The second-order valence-electron chi connectivity index (χ2n) is 3.78. The van der Waals surface area contributed by atoms with E-state index in [0.717, 1.165) is 18.2 Å². The minimum absolute atomic E-state index is 0. The summed E-state index contributed by atoms with van der Waals surface area (Å²) in [4.78, 5) is -1.28. The van der Waals surface area contributed by atoms with Crippen molar-refractivity contribution >= 4 is 36.7 Å². The molecule has 2 aromatic carbocycles. The van der Waals surface area contributed by atoms with E-state index in [1.54, 1.807) is 0 Å². The van der Waals surface area contributed by atoms with Gasteiger partial charge in [0.2, 0.25) is 0 Å². The molecule has 0 aromatic heterocycles. The van der Waals surface area contributed by atoms with Crippen LogP contribution in [0, 0.1) is 0 Å². The Morgan fingerprint density at radius 3 is 1.90 bits per heavy atom. The molecule has 0 saturated heterocycles. The number of hydrogen-bond donors (Lipinski definition) is 1. The Morgan fingerprint density at radius 2 is 1.40 bits per heavy atom. The molecule has 0 radical (unpaired) electrons. The average Bonchev–Trinajstić information content (AvgIpc) is 2.24. The first-order valence-electron chi connectivity index (χ1n) is 4.85. The molecule has 2 rings (SSSR count). The molecule has 0 saturated carbocycles. The van der Waals surface area contributed by atoms with Gasteiger partial charge in [0.25, 0.3) is 0 Å². The molecular formula is C10H7NNaO6S2-. The molecule has 0 spiro atoms. The predicted octanol–water partition coefficient (Wildman–Crippen LogP) is -2.77. The van der Waals surface area contributed by atoms with Gasteiger partial charge in [0.15, 0.2) is 0 Å². The number of hydrogen-bond acceptors (Lipinski definition) is 7. The molecule has 0 bridgehead atoms. The van der Waals surface area contributed by atoms with Gasteiger partial charge >= 0.3 is 29.6 Å². The Kier molecular flexibility index (Phi) is 4.87. The summed E-state index contributed by atoms with van der Waals surface area (Å²) in [5, 5.41) is -0.340. The largest absolute Gasteiger partial charge is 1.00 e. The molecule has 0 aliphatic carbocycles. The monoisotopic (exact) mass is 324 g/mol. The van der Waals surface area contributed by atoms with Gasteiger partial charge in [0.05, 0.1) is 9.79 Å². The van der Waals surface area contributed by atoms with Gasteiger partial charge in [-0.2, -0.15) is 0 Å². The van der Waals surface area contributed by atoms with E-state index in [0.29, 0.717) is 0 Å². The van der Waals surface area contributed by atoms with Crippen LogP contribution in [0.25, 0.3) is 10.8 Å². The molecule has 2 N–H and O–H groups in total. The van der Waals surface area contributed by atoms with Crippen LogP contribution in [0.5, 0.6) is 0 Å². The molecule has 0 amide bonds. The Morgan fingerprint density at radius 1 is 0.850 bits per heavy atom. The van der Waals surface area contributed by atoms with Crippen LogP contribution in [0.1, 0.15) is 0 Å². The summed E-state index contributed by atoms with van der Waals surface area (Å²) in [5.74, 6) is 0. The van der Waals surface area contributed by atoms with Crippen LogP contribution in [0.15, 0.2) is 40.1 Å². The second kappa shape index (κ2) is 5.60. The van der Waals surface area contributed by atoms with Crippen molar-refractivity contribution in [3.8, 4) is 0 Å². The summed E-state index contributed by atoms with van der Waals surface area (Å²) in [6, 6.07) is 5.48. The first kappa shape index (κ1) is 17.4. The van der Waals surface area contributed by atoms with E-state index in [1.165, 1.54) is 12.1 Å².